The molecule has 2 aromatic carbocycles. The molecule has 3 heterocycles. The first-order chi connectivity index (χ1) is 18.1. The van der Waals surface area contributed by atoms with E-state index < -0.39 is 11.0 Å². The molecule has 1 aliphatic rings. The minimum atomic E-state index is -1.28. The van der Waals surface area contributed by atoms with E-state index in [4.69, 9.17) is 4.98 Å². The van der Waals surface area contributed by atoms with Crippen LogP contribution in [-0.2, 0) is 17.5 Å². The molecule has 5 rings (SSSR count). The molecule has 2 aromatic heterocycles. The first kappa shape index (κ1) is 24.3. The van der Waals surface area contributed by atoms with Gasteiger partial charge < -0.3 is 21.3 Å². The van der Waals surface area contributed by atoms with E-state index in [2.05, 4.69) is 36.0 Å². The summed E-state index contributed by atoms with van der Waals surface area (Å²) in [4.78, 5) is 26.0. The molecule has 0 aliphatic carbocycles. The summed E-state index contributed by atoms with van der Waals surface area (Å²) in [7, 11) is -1.28. The number of amides is 2. The third-order valence-corrected chi connectivity index (χ3v) is 6.76. The van der Waals surface area contributed by atoms with Crippen LogP contribution in [0.4, 0.5) is 27.9 Å². The molecule has 188 valence electrons. The Morgan fingerprint density at radius 3 is 2.76 bits per heavy atom. The van der Waals surface area contributed by atoms with Crippen molar-refractivity contribution in [2.24, 2.45) is 0 Å². The molecule has 0 fully saturated rings. The SMILES string of the molecule is O=C(NCc1ccc(-c2cnc3nc2NCCCNS(=O)c2cccc(c2)N3)cc1)Nc1cccnc1. The molecular formula is C26H26N8O2S. The number of hydrogen-bond donors (Lipinski definition) is 5. The van der Waals surface area contributed by atoms with E-state index in [1.807, 2.05) is 48.5 Å². The molecule has 5 N–H and O–H groups in total. The van der Waals surface area contributed by atoms with E-state index in [1.54, 1.807) is 30.7 Å². The van der Waals surface area contributed by atoms with Gasteiger partial charge in [0.15, 0.2) is 0 Å². The molecule has 37 heavy (non-hydrogen) atoms. The third-order valence-electron chi connectivity index (χ3n) is 5.61. The van der Waals surface area contributed by atoms with Crippen LogP contribution >= 0.6 is 0 Å². The predicted molar refractivity (Wildman–Crippen MR) is 145 cm³/mol. The van der Waals surface area contributed by atoms with Crippen molar-refractivity contribution in [3.8, 4) is 11.1 Å². The van der Waals surface area contributed by atoms with Gasteiger partial charge in [-0.05, 0) is 47.9 Å². The Bertz CT molecular complexity index is 1400. The fourth-order valence-corrected chi connectivity index (χ4v) is 4.68. The van der Waals surface area contributed by atoms with Gasteiger partial charge in [0, 0.05) is 43.3 Å². The summed E-state index contributed by atoms with van der Waals surface area (Å²) in [6, 6.07) is 18.5. The number of pyridine rings is 1. The Morgan fingerprint density at radius 1 is 1.03 bits per heavy atom. The lowest BCUT2D eigenvalue weighted by atomic mass is 10.1. The summed E-state index contributed by atoms with van der Waals surface area (Å²) in [6.07, 6.45) is 5.79. The van der Waals surface area contributed by atoms with E-state index >= 15 is 0 Å². The first-order valence-corrected chi connectivity index (χ1v) is 13.0. The van der Waals surface area contributed by atoms with Crippen LogP contribution in [0, 0.1) is 0 Å². The number of aromatic nitrogens is 3. The first-order valence-electron chi connectivity index (χ1n) is 11.8. The maximum Gasteiger partial charge on any atom is 0.319 e. The van der Waals surface area contributed by atoms with Crippen molar-refractivity contribution in [1.82, 2.24) is 25.0 Å². The van der Waals surface area contributed by atoms with Crippen molar-refractivity contribution in [2.45, 2.75) is 17.9 Å². The van der Waals surface area contributed by atoms with E-state index in [0.717, 1.165) is 28.8 Å². The van der Waals surface area contributed by atoms with Crippen molar-refractivity contribution < 1.29 is 9.00 Å². The van der Waals surface area contributed by atoms with E-state index in [-0.39, 0.29) is 6.03 Å². The van der Waals surface area contributed by atoms with Crippen LogP contribution in [0.15, 0.2) is 84.1 Å². The molecule has 10 nitrogen and oxygen atoms in total. The van der Waals surface area contributed by atoms with Gasteiger partial charge in [0.25, 0.3) is 0 Å². The number of anilines is 4. The van der Waals surface area contributed by atoms with Crippen LogP contribution in [0.3, 0.4) is 0 Å². The summed E-state index contributed by atoms with van der Waals surface area (Å²) in [5, 5.41) is 12.2. The highest BCUT2D eigenvalue weighted by molar-refractivity contribution is 7.83. The number of carbonyl (C=O) groups is 1. The number of hydrogen-bond acceptors (Lipinski definition) is 7. The summed E-state index contributed by atoms with van der Waals surface area (Å²) in [5.74, 6) is 1.15. The maximum absolute atomic E-state index is 12.5. The molecule has 0 radical (unpaired) electrons. The van der Waals surface area contributed by atoms with Crippen LogP contribution in [0.1, 0.15) is 12.0 Å². The molecular weight excluding hydrogens is 488 g/mol. The highest BCUT2D eigenvalue weighted by atomic mass is 32.2. The second kappa shape index (κ2) is 11.6. The van der Waals surface area contributed by atoms with E-state index in [0.29, 0.717) is 42.0 Å². The monoisotopic (exact) mass is 514 g/mol. The van der Waals surface area contributed by atoms with Crippen LogP contribution < -0.4 is 26.0 Å². The molecule has 4 aromatic rings. The highest BCUT2D eigenvalue weighted by Crippen LogP contribution is 2.28. The number of nitrogens with zero attached hydrogens (tertiary/aromatic N) is 3. The van der Waals surface area contributed by atoms with Gasteiger partial charge in [0.1, 0.15) is 16.8 Å². The van der Waals surface area contributed by atoms with Gasteiger partial charge >= 0.3 is 6.03 Å². The van der Waals surface area contributed by atoms with Gasteiger partial charge in [-0.25, -0.2) is 18.7 Å². The summed E-state index contributed by atoms with van der Waals surface area (Å²) >= 11 is 0. The molecule has 4 bridgehead atoms. The largest absolute Gasteiger partial charge is 0.369 e. The number of rotatable bonds is 4. The zero-order valence-corrected chi connectivity index (χ0v) is 20.7. The number of benzene rings is 2. The molecule has 2 amide bonds. The second-order valence-corrected chi connectivity index (χ2v) is 9.60. The lowest BCUT2D eigenvalue weighted by molar-refractivity contribution is 0.251. The number of fused-ring (bicyclic) bond motifs is 4. The Balaban J connectivity index is 1.30. The molecule has 1 aliphatic heterocycles. The van der Waals surface area contributed by atoms with Gasteiger partial charge in [-0.2, -0.15) is 4.98 Å². The molecule has 11 heteroatoms. The van der Waals surface area contributed by atoms with Crippen molar-refractivity contribution in [3.63, 3.8) is 0 Å². The van der Waals surface area contributed by atoms with E-state index in [1.165, 1.54) is 0 Å². The van der Waals surface area contributed by atoms with Crippen LogP contribution in [0.2, 0.25) is 0 Å². The maximum atomic E-state index is 12.5. The Morgan fingerprint density at radius 2 is 1.92 bits per heavy atom. The second-order valence-electron chi connectivity index (χ2n) is 8.30. The average molecular weight is 515 g/mol. The molecule has 0 spiro atoms. The minimum absolute atomic E-state index is 0.298. The van der Waals surface area contributed by atoms with E-state index in [9.17, 15) is 9.00 Å². The quantitative estimate of drug-likeness (QED) is 0.278. The lowest BCUT2D eigenvalue weighted by Gasteiger charge is -2.14. The van der Waals surface area contributed by atoms with Crippen LogP contribution in [-0.4, -0.2) is 38.3 Å². The van der Waals surface area contributed by atoms with Gasteiger partial charge in [0.05, 0.1) is 16.8 Å². The van der Waals surface area contributed by atoms with Crippen LogP contribution in [0.5, 0.6) is 0 Å². The van der Waals surface area contributed by atoms with Crippen molar-refractivity contribution in [2.75, 3.05) is 29.0 Å². The average Bonchev–Trinajstić information content (AvgIpc) is 2.93. The zero-order chi connectivity index (χ0) is 25.5. The topological polar surface area (TPSA) is 133 Å². The number of urea groups is 1. The van der Waals surface area contributed by atoms with Crippen molar-refractivity contribution >= 4 is 40.2 Å². The van der Waals surface area contributed by atoms with Gasteiger partial charge in [0.2, 0.25) is 5.95 Å². The molecule has 1 atom stereocenters. The Labute approximate surface area is 217 Å². The smallest absolute Gasteiger partial charge is 0.319 e. The van der Waals surface area contributed by atoms with Gasteiger partial charge in [-0.3, -0.25) is 4.98 Å². The third kappa shape index (κ3) is 6.46. The van der Waals surface area contributed by atoms with Crippen LogP contribution in [0.25, 0.3) is 11.1 Å². The predicted octanol–water partition coefficient (Wildman–Crippen LogP) is 4.03. The number of carbonyl (C=O) groups excluding carboxylic acids is 1. The normalized spacial score (nSPS) is 15.1. The molecule has 1 unspecified atom stereocenters. The molecule has 0 saturated carbocycles. The number of nitrogens with one attached hydrogen (secondary N) is 5. The van der Waals surface area contributed by atoms with Gasteiger partial charge in [-0.15, -0.1) is 0 Å². The Hall–Kier alpha value is -4.35. The summed E-state index contributed by atoms with van der Waals surface area (Å²) in [6.45, 7) is 1.63. The fraction of sp³-hybridized carbons (Fsp3) is 0.154. The summed E-state index contributed by atoms with van der Waals surface area (Å²) in [5.41, 5.74) is 4.15. The molecule has 0 saturated heterocycles. The van der Waals surface area contributed by atoms with Crippen molar-refractivity contribution in [1.29, 1.82) is 0 Å². The highest BCUT2D eigenvalue weighted by Gasteiger charge is 2.12. The zero-order valence-electron chi connectivity index (χ0n) is 19.9. The fourth-order valence-electron chi connectivity index (χ4n) is 3.75. The summed E-state index contributed by atoms with van der Waals surface area (Å²) < 4.78 is 15.5. The minimum Gasteiger partial charge on any atom is -0.369 e. The van der Waals surface area contributed by atoms with Gasteiger partial charge in [-0.1, -0.05) is 30.3 Å². The Kier molecular flexibility index (Phi) is 7.63. The van der Waals surface area contributed by atoms with Crippen molar-refractivity contribution in [3.05, 3.63) is 84.8 Å². The lowest BCUT2D eigenvalue weighted by Crippen LogP contribution is -2.28. The standard InChI is InChI=1S/C26H26N8O2S/c35-26(33-21-5-2-11-27-16-21)30-15-18-7-9-19(10-8-18)23-17-29-25-32-20-4-1-6-22(14-20)37(36)31-13-3-12-28-24(23)34-25/h1-2,4-11,14,16-17,31H,3,12-13,15H2,(H2,30,33,35)(H2,28,29,32,34).